The number of amides is 2. The summed E-state index contributed by atoms with van der Waals surface area (Å²) in [5.74, 6) is -2.71. The molecule has 0 fully saturated rings. The second kappa shape index (κ2) is 9.60. The summed E-state index contributed by atoms with van der Waals surface area (Å²) in [5, 5.41) is 24.6. The second-order valence-corrected chi connectivity index (χ2v) is 6.82. The van der Waals surface area contributed by atoms with Crippen molar-refractivity contribution in [2.75, 3.05) is 0 Å². The molecule has 0 saturated heterocycles. The zero-order valence-corrected chi connectivity index (χ0v) is 16.7. The van der Waals surface area contributed by atoms with Crippen LogP contribution in [0, 0.1) is 10.1 Å². The van der Waals surface area contributed by atoms with Gasteiger partial charge in [-0.05, 0) is 42.8 Å². The van der Waals surface area contributed by atoms with Gasteiger partial charge in [0.2, 0.25) is 0 Å². The van der Waals surface area contributed by atoms with E-state index < -0.39 is 28.7 Å². The topological polar surface area (TPSA) is 139 Å². The van der Waals surface area contributed by atoms with Crippen LogP contribution in [0.1, 0.15) is 22.8 Å². The normalized spacial score (nSPS) is 12.0. The molecule has 0 aliphatic rings. The first kappa shape index (κ1) is 21.8. The molecule has 2 amide bonds. The van der Waals surface area contributed by atoms with Gasteiger partial charge in [0.1, 0.15) is 11.7 Å². The standard InChI is InChI=1S/C19H16BrN3O6/c1-11(19(26)27)21-18(25)16(10-12-3-2-4-15(9-12)23(28)29)22-17(24)13-5-7-14(20)8-6-13/h2-11H,1H3,(H,21,25)(H,22,24)(H,26,27)/b16-10+. The molecule has 150 valence electrons. The Balaban J connectivity index is 2.36. The molecule has 2 rings (SSSR count). The fraction of sp³-hybridized carbons (Fsp3) is 0.105. The Kier molecular flexibility index (Phi) is 7.21. The zero-order valence-electron chi connectivity index (χ0n) is 15.1. The lowest BCUT2D eigenvalue weighted by Gasteiger charge is -2.13. The highest BCUT2D eigenvalue weighted by molar-refractivity contribution is 9.10. The molecule has 9 nitrogen and oxygen atoms in total. The summed E-state index contributed by atoms with van der Waals surface area (Å²) in [6.45, 7) is 1.27. The maximum atomic E-state index is 12.5. The predicted octanol–water partition coefficient (Wildman–Crippen LogP) is 2.72. The molecule has 0 spiro atoms. The minimum absolute atomic E-state index is 0.198. The first-order chi connectivity index (χ1) is 13.7. The lowest BCUT2D eigenvalue weighted by Crippen LogP contribution is -2.42. The van der Waals surface area contributed by atoms with Crippen LogP contribution in [0.2, 0.25) is 0 Å². The number of carboxylic acid groups (broad SMARTS) is 1. The van der Waals surface area contributed by atoms with E-state index in [0.29, 0.717) is 0 Å². The van der Waals surface area contributed by atoms with E-state index >= 15 is 0 Å². The number of aliphatic carboxylic acids is 1. The Labute approximate surface area is 173 Å². The van der Waals surface area contributed by atoms with Crippen molar-refractivity contribution in [2.45, 2.75) is 13.0 Å². The highest BCUT2D eigenvalue weighted by Gasteiger charge is 2.20. The van der Waals surface area contributed by atoms with Crippen LogP contribution in [0.15, 0.2) is 58.7 Å². The molecule has 0 aliphatic heterocycles. The fourth-order valence-corrected chi connectivity index (χ4v) is 2.45. The molecule has 1 atom stereocenters. The van der Waals surface area contributed by atoms with Crippen molar-refractivity contribution in [3.8, 4) is 0 Å². The number of nitrogens with one attached hydrogen (secondary N) is 2. The van der Waals surface area contributed by atoms with E-state index in [-0.39, 0.29) is 22.5 Å². The van der Waals surface area contributed by atoms with E-state index in [1.807, 2.05) is 0 Å². The number of carbonyl (C=O) groups is 3. The Bertz CT molecular complexity index is 988. The van der Waals surface area contributed by atoms with Crippen LogP contribution in [0.5, 0.6) is 0 Å². The second-order valence-electron chi connectivity index (χ2n) is 5.90. The Morgan fingerprint density at radius 2 is 1.83 bits per heavy atom. The van der Waals surface area contributed by atoms with E-state index in [4.69, 9.17) is 5.11 Å². The van der Waals surface area contributed by atoms with Crippen LogP contribution in [0.3, 0.4) is 0 Å². The summed E-state index contributed by atoms with van der Waals surface area (Å²) in [6, 6.07) is 10.6. The monoisotopic (exact) mass is 461 g/mol. The van der Waals surface area contributed by atoms with Crippen LogP contribution in [-0.4, -0.2) is 33.9 Å². The van der Waals surface area contributed by atoms with Gasteiger partial charge in [0, 0.05) is 22.2 Å². The van der Waals surface area contributed by atoms with Crippen molar-refractivity contribution in [1.29, 1.82) is 0 Å². The molecule has 10 heteroatoms. The van der Waals surface area contributed by atoms with Gasteiger partial charge in [-0.1, -0.05) is 28.1 Å². The van der Waals surface area contributed by atoms with Gasteiger partial charge in [-0.25, -0.2) is 0 Å². The van der Waals surface area contributed by atoms with Crippen molar-refractivity contribution in [3.63, 3.8) is 0 Å². The number of carboxylic acids is 1. The highest BCUT2D eigenvalue weighted by atomic mass is 79.9. The molecule has 0 saturated carbocycles. The van der Waals surface area contributed by atoms with Crippen LogP contribution in [-0.2, 0) is 9.59 Å². The molecule has 0 aromatic heterocycles. The van der Waals surface area contributed by atoms with E-state index in [9.17, 15) is 24.5 Å². The minimum atomic E-state index is -1.26. The summed E-state index contributed by atoms with van der Waals surface area (Å²) < 4.78 is 0.759. The molecule has 2 aromatic carbocycles. The summed E-state index contributed by atoms with van der Waals surface area (Å²) in [5.41, 5.74) is 0.0869. The predicted molar refractivity (Wildman–Crippen MR) is 108 cm³/mol. The molecule has 29 heavy (non-hydrogen) atoms. The molecule has 0 radical (unpaired) electrons. The molecule has 0 heterocycles. The fourth-order valence-electron chi connectivity index (χ4n) is 2.19. The first-order valence-electron chi connectivity index (χ1n) is 8.24. The average Bonchev–Trinajstić information content (AvgIpc) is 2.67. The van der Waals surface area contributed by atoms with Gasteiger partial charge in [-0.15, -0.1) is 0 Å². The van der Waals surface area contributed by atoms with E-state index in [1.165, 1.54) is 49.4 Å². The van der Waals surface area contributed by atoms with Gasteiger partial charge in [0.25, 0.3) is 17.5 Å². The number of nitro benzene ring substituents is 1. The molecule has 1 unspecified atom stereocenters. The van der Waals surface area contributed by atoms with Crippen LogP contribution >= 0.6 is 15.9 Å². The summed E-state index contributed by atoms with van der Waals surface area (Å²) in [7, 11) is 0. The Morgan fingerprint density at radius 3 is 2.41 bits per heavy atom. The lowest BCUT2D eigenvalue weighted by molar-refractivity contribution is -0.384. The number of rotatable bonds is 7. The van der Waals surface area contributed by atoms with Gasteiger partial charge >= 0.3 is 5.97 Å². The summed E-state index contributed by atoms with van der Waals surface area (Å²) in [4.78, 5) is 46.4. The quantitative estimate of drug-likeness (QED) is 0.329. The Morgan fingerprint density at radius 1 is 1.17 bits per heavy atom. The number of hydrogen-bond donors (Lipinski definition) is 3. The maximum Gasteiger partial charge on any atom is 0.325 e. The third kappa shape index (κ3) is 6.25. The van der Waals surface area contributed by atoms with Gasteiger partial charge in [-0.2, -0.15) is 0 Å². The van der Waals surface area contributed by atoms with Crippen molar-refractivity contribution < 1.29 is 24.4 Å². The van der Waals surface area contributed by atoms with Crippen molar-refractivity contribution in [1.82, 2.24) is 10.6 Å². The van der Waals surface area contributed by atoms with Gasteiger partial charge in [-0.3, -0.25) is 24.5 Å². The van der Waals surface area contributed by atoms with Gasteiger partial charge < -0.3 is 15.7 Å². The van der Waals surface area contributed by atoms with E-state index in [0.717, 1.165) is 4.47 Å². The molecular weight excluding hydrogens is 446 g/mol. The van der Waals surface area contributed by atoms with Crippen LogP contribution in [0.4, 0.5) is 5.69 Å². The first-order valence-corrected chi connectivity index (χ1v) is 9.03. The summed E-state index contributed by atoms with van der Waals surface area (Å²) >= 11 is 3.25. The van der Waals surface area contributed by atoms with Crippen molar-refractivity contribution in [2.24, 2.45) is 0 Å². The van der Waals surface area contributed by atoms with Crippen molar-refractivity contribution in [3.05, 3.63) is 79.9 Å². The lowest BCUT2D eigenvalue weighted by atomic mass is 10.1. The van der Waals surface area contributed by atoms with Crippen LogP contribution < -0.4 is 10.6 Å². The third-order valence-electron chi connectivity index (χ3n) is 3.71. The smallest absolute Gasteiger partial charge is 0.325 e. The Hall–Kier alpha value is -3.53. The number of halogens is 1. The third-order valence-corrected chi connectivity index (χ3v) is 4.24. The number of carbonyl (C=O) groups excluding carboxylic acids is 2. The molecular formula is C19H16BrN3O6. The summed E-state index contributed by atoms with van der Waals surface area (Å²) in [6.07, 6.45) is 1.23. The average molecular weight is 462 g/mol. The highest BCUT2D eigenvalue weighted by Crippen LogP contribution is 2.16. The number of nitro groups is 1. The molecule has 2 aromatic rings. The largest absolute Gasteiger partial charge is 0.480 e. The van der Waals surface area contributed by atoms with Gasteiger partial charge in [0.15, 0.2) is 0 Å². The maximum absolute atomic E-state index is 12.5. The number of non-ortho nitro benzene ring substituents is 1. The van der Waals surface area contributed by atoms with Crippen molar-refractivity contribution >= 4 is 45.5 Å². The SMILES string of the molecule is CC(NC(=O)/C(=C\c1cccc([N+](=O)[O-])c1)NC(=O)c1ccc(Br)cc1)C(=O)O. The van der Waals surface area contributed by atoms with E-state index in [1.54, 1.807) is 12.1 Å². The number of benzene rings is 2. The number of hydrogen-bond acceptors (Lipinski definition) is 5. The van der Waals surface area contributed by atoms with Crippen LogP contribution in [0.25, 0.3) is 6.08 Å². The van der Waals surface area contributed by atoms with E-state index in [2.05, 4.69) is 26.6 Å². The molecule has 0 aliphatic carbocycles. The minimum Gasteiger partial charge on any atom is -0.480 e. The zero-order chi connectivity index (χ0) is 21.6. The molecule has 0 bridgehead atoms. The number of nitrogens with zero attached hydrogens (tertiary/aromatic N) is 1. The molecule has 3 N–H and O–H groups in total. The van der Waals surface area contributed by atoms with Gasteiger partial charge in [0.05, 0.1) is 4.92 Å².